The lowest BCUT2D eigenvalue weighted by Crippen LogP contribution is -2.27. The van der Waals surface area contributed by atoms with E-state index in [-0.39, 0.29) is 23.8 Å². The number of hydrogen-bond acceptors (Lipinski definition) is 5. The highest BCUT2D eigenvalue weighted by Crippen LogP contribution is 2.46. The molecule has 1 atom stereocenters. The molecule has 0 unspecified atom stereocenters. The van der Waals surface area contributed by atoms with Crippen LogP contribution in [0.1, 0.15) is 24.0 Å². The van der Waals surface area contributed by atoms with Crippen LogP contribution in [0.5, 0.6) is 11.5 Å². The maximum atomic E-state index is 12.7. The third-order valence-electron chi connectivity index (χ3n) is 4.69. The molecule has 0 saturated carbocycles. The number of phenolic OH excluding ortho intramolecular Hbond substituents is 1. The van der Waals surface area contributed by atoms with Crippen molar-refractivity contribution in [1.82, 2.24) is 0 Å². The zero-order chi connectivity index (χ0) is 19.0. The van der Waals surface area contributed by atoms with Crippen LogP contribution in [-0.2, 0) is 9.53 Å². The molecule has 3 N–H and O–H groups in total. The van der Waals surface area contributed by atoms with Crippen molar-refractivity contribution in [2.45, 2.75) is 12.8 Å². The smallest absolute Gasteiger partial charge is 0.340 e. The molecule has 1 aliphatic rings. The standard InChI is InChI=1S/C22H19NO4/c1-2-26-22(25)20-18(14-7-5-8-15(24)12-14)19-16-9-4-3-6-13(16)10-11-17(19)27-21(20)23/h3-12,18,24H,2,23H2,1H3/t18-/m0/s1. The van der Waals surface area contributed by atoms with E-state index in [0.717, 1.165) is 21.9 Å². The summed E-state index contributed by atoms with van der Waals surface area (Å²) in [6.07, 6.45) is 0. The Bertz CT molecular complexity index is 1070. The second-order valence-electron chi connectivity index (χ2n) is 6.33. The number of ether oxygens (including phenoxy) is 2. The highest BCUT2D eigenvalue weighted by atomic mass is 16.5. The molecule has 0 fully saturated rings. The number of carbonyl (C=O) groups excluding carboxylic acids is 1. The number of aromatic hydroxyl groups is 1. The lowest BCUT2D eigenvalue weighted by Gasteiger charge is -2.29. The summed E-state index contributed by atoms with van der Waals surface area (Å²) in [6, 6.07) is 18.5. The SMILES string of the molecule is CCOC(=O)C1=C(N)Oc2ccc3ccccc3c2[C@@H]1c1cccc(O)c1. The first-order valence-corrected chi connectivity index (χ1v) is 8.75. The van der Waals surface area contributed by atoms with Gasteiger partial charge in [-0.1, -0.05) is 42.5 Å². The fourth-order valence-electron chi connectivity index (χ4n) is 3.59. The number of carbonyl (C=O) groups is 1. The topological polar surface area (TPSA) is 81.8 Å². The van der Waals surface area contributed by atoms with Crippen molar-refractivity contribution in [3.63, 3.8) is 0 Å². The second-order valence-corrected chi connectivity index (χ2v) is 6.33. The molecular weight excluding hydrogens is 342 g/mol. The summed E-state index contributed by atoms with van der Waals surface area (Å²) in [4.78, 5) is 12.7. The molecule has 1 heterocycles. The Morgan fingerprint density at radius 1 is 1.15 bits per heavy atom. The Balaban J connectivity index is 2.02. The molecule has 3 aromatic carbocycles. The minimum Gasteiger partial charge on any atom is -0.508 e. The molecule has 27 heavy (non-hydrogen) atoms. The first-order chi connectivity index (χ1) is 13.1. The maximum absolute atomic E-state index is 12.7. The molecule has 0 spiro atoms. The minimum atomic E-state index is -0.526. The van der Waals surface area contributed by atoms with Gasteiger partial charge in [0.1, 0.15) is 17.1 Å². The van der Waals surface area contributed by atoms with Gasteiger partial charge in [-0.25, -0.2) is 4.79 Å². The van der Waals surface area contributed by atoms with Crippen LogP contribution in [0.15, 0.2) is 72.1 Å². The zero-order valence-corrected chi connectivity index (χ0v) is 14.8. The van der Waals surface area contributed by atoms with E-state index in [4.69, 9.17) is 15.2 Å². The number of benzene rings is 3. The normalized spacial score (nSPS) is 16.0. The van der Waals surface area contributed by atoms with Crippen LogP contribution in [-0.4, -0.2) is 17.7 Å². The molecule has 5 heteroatoms. The average molecular weight is 361 g/mol. The second kappa shape index (κ2) is 6.68. The van der Waals surface area contributed by atoms with Gasteiger partial charge < -0.3 is 20.3 Å². The van der Waals surface area contributed by atoms with Crippen LogP contribution in [0.4, 0.5) is 0 Å². The molecule has 0 radical (unpaired) electrons. The van der Waals surface area contributed by atoms with Gasteiger partial charge in [-0.05, 0) is 41.5 Å². The van der Waals surface area contributed by atoms with Crippen molar-refractivity contribution in [3.05, 3.63) is 83.2 Å². The van der Waals surface area contributed by atoms with Gasteiger partial charge in [0.25, 0.3) is 0 Å². The lowest BCUT2D eigenvalue weighted by atomic mass is 9.80. The van der Waals surface area contributed by atoms with Gasteiger partial charge in [0.15, 0.2) is 0 Å². The number of phenols is 1. The van der Waals surface area contributed by atoms with E-state index < -0.39 is 11.9 Å². The Hall–Kier alpha value is -3.47. The number of hydrogen-bond donors (Lipinski definition) is 2. The maximum Gasteiger partial charge on any atom is 0.340 e. The average Bonchev–Trinajstić information content (AvgIpc) is 2.66. The molecule has 0 aliphatic carbocycles. The van der Waals surface area contributed by atoms with Crippen LogP contribution < -0.4 is 10.5 Å². The fourth-order valence-corrected chi connectivity index (χ4v) is 3.59. The van der Waals surface area contributed by atoms with Gasteiger partial charge in [-0.2, -0.15) is 0 Å². The van der Waals surface area contributed by atoms with Crippen LogP contribution >= 0.6 is 0 Å². The molecular formula is C22H19NO4. The summed E-state index contributed by atoms with van der Waals surface area (Å²) < 4.78 is 11.0. The van der Waals surface area contributed by atoms with E-state index in [0.29, 0.717) is 5.75 Å². The van der Waals surface area contributed by atoms with Crippen LogP contribution in [0.25, 0.3) is 10.8 Å². The van der Waals surface area contributed by atoms with E-state index in [1.54, 1.807) is 25.1 Å². The van der Waals surface area contributed by atoms with Gasteiger partial charge in [0.05, 0.1) is 12.5 Å². The van der Waals surface area contributed by atoms with Crippen molar-refractivity contribution in [1.29, 1.82) is 0 Å². The van der Waals surface area contributed by atoms with Crippen molar-refractivity contribution in [2.75, 3.05) is 6.61 Å². The Morgan fingerprint density at radius 3 is 2.74 bits per heavy atom. The van der Waals surface area contributed by atoms with E-state index in [9.17, 15) is 9.90 Å². The van der Waals surface area contributed by atoms with Gasteiger partial charge in [-0.3, -0.25) is 0 Å². The molecule has 136 valence electrons. The van der Waals surface area contributed by atoms with E-state index in [1.807, 2.05) is 42.5 Å². The van der Waals surface area contributed by atoms with E-state index in [1.165, 1.54) is 0 Å². The summed E-state index contributed by atoms with van der Waals surface area (Å²) in [5.74, 6) is -0.312. The van der Waals surface area contributed by atoms with Crippen LogP contribution in [0, 0.1) is 0 Å². The Labute approximate surface area is 156 Å². The van der Waals surface area contributed by atoms with Crippen LogP contribution in [0.3, 0.4) is 0 Å². The summed E-state index contributed by atoms with van der Waals surface area (Å²) in [7, 11) is 0. The number of fused-ring (bicyclic) bond motifs is 3. The van der Waals surface area contributed by atoms with Crippen molar-refractivity contribution >= 4 is 16.7 Å². The number of nitrogens with two attached hydrogens (primary N) is 1. The molecule has 5 nitrogen and oxygen atoms in total. The highest BCUT2D eigenvalue weighted by Gasteiger charge is 2.36. The molecule has 1 aliphatic heterocycles. The van der Waals surface area contributed by atoms with Gasteiger partial charge in [0.2, 0.25) is 5.88 Å². The largest absolute Gasteiger partial charge is 0.508 e. The minimum absolute atomic E-state index is 0.0181. The molecule has 4 rings (SSSR count). The molecule has 3 aromatic rings. The molecule has 0 aromatic heterocycles. The number of esters is 1. The fraction of sp³-hybridized carbons (Fsp3) is 0.136. The van der Waals surface area contributed by atoms with Gasteiger partial charge in [-0.15, -0.1) is 0 Å². The summed E-state index contributed by atoms with van der Waals surface area (Å²) >= 11 is 0. The van der Waals surface area contributed by atoms with Crippen molar-refractivity contribution < 1.29 is 19.4 Å². The third kappa shape index (κ3) is 2.87. The van der Waals surface area contributed by atoms with E-state index >= 15 is 0 Å². The Morgan fingerprint density at radius 2 is 1.96 bits per heavy atom. The van der Waals surface area contributed by atoms with Crippen molar-refractivity contribution in [2.24, 2.45) is 5.73 Å². The Kier molecular flexibility index (Phi) is 4.20. The first kappa shape index (κ1) is 17.0. The molecule has 0 amide bonds. The monoisotopic (exact) mass is 361 g/mol. The summed E-state index contributed by atoms with van der Waals surface area (Å²) in [5.41, 5.74) is 7.94. The highest BCUT2D eigenvalue weighted by molar-refractivity contribution is 5.97. The predicted octanol–water partition coefficient (Wildman–Crippen LogP) is 3.80. The molecule has 0 bridgehead atoms. The number of rotatable bonds is 3. The van der Waals surface area contributed by atoms with Gasteiger partial charge >= 0.3 is 5.97 Å². The van der Waals surface area contributed by atoms with E-state index in [2.05, 4.69) is 0 Å². The third-order valence-corrected chi connectivity index (χ3v) is 4.69. The predicted molar refractivity (Wildman–Crippen MR) is 102 cm³/mol. The summed E-state index contributed by atoms with van der Waals surface area (Å²) in [5, 5.41) is 12.0. The van der Waals surface area contributed by atoms with Crippen molar-refractivity contribution in [3.8, 4) is 11.5 Å². The first-order valence-electron chi connectivity index (χ1n) is 8.75. The quantitative estimate of drug-likeness (QED) is 0.694. The lowest BCUT2D eigenvalue weighted by molar-refractivity contribution is -0.139. The van der Waals surface area contributed by atoms with Gasteiger partial charge in [0, 0.05) is 5.56 Å². The molecule has 0 saturated heterocycles. The van der Waals surface area contributed by atoms with Crippen LogP contribution in [0.2, 0.25) is 0 Å². The summed E-state index contributed by atoms with van der Waals surface area (Å²) in [6.45, 7) is 1.97. The zero-order valence-electron chi connectivity index (χ0n) is 14.8.